The number of aromatic nitrogens is 1. The Bertz CT molecular complexity index is 527. The van der Waals surface area contributed by atoms with Crippen molar-refractivity contribution < 1.29 is 4.42 Å². The van der Waals surface area contributed by atoms with Crippen molar-refractivity contribution in [1.29, 1.82) is 0 Å². The highest BCUT2D eigenvalue weighted by atomic mass is 79.9. The first kappa shape index (κ1) is 10.2. The lowest BCUT2D eigenvalue weighted by Gasteiger charge is -2.02. The van der Waals surface area contributed by atoms with Crippen molar-refractivity contribution in [2.75, 3.05) is 0 Å². The molecule has 0 fully saturated rings. The number of rotatable bonds is 2. The van der Waals surface area contributed by atoms with Crippen LogP contribution in [0.25, 0.3) is 0 Å². The minimum Gasteiger partial charge on any atom is -0.464 e. The largest absolute Gasteiger partial charge is 0.464 e. The van der Waals surface area contributed by atoms with Crippen molar-refractivity contribution in [3.8, 4) is 0 Å². The van der Waals surface area contributed by atoms with Crippen LogP contribution in [0.5, 0.6) is 0 Å². The standard InChI is InChI=1S/C11H10BrNO2/c1-8-2-4-10(15-8)7-13-6-9(12)3-5-11(13)14/h2-6H,7H2,1H3. The predicted octanol–water partition coefficient (Wildman–Crippen LogP) is 2.56. The van der Waals surface area contributed by atoms with Crippen LogP contribution in [-0.4, -0.2) is 4.57 Å². The van der Waals surface area contributed by atoms with Gasteiger partial charge in [0.15, 0.2) is 0 Å². The van der Waals surface area contributed by atoms with Gasteiger partial charge in [-0.2, -0.15) is 0 Å². The summed E-state index contributed by atoms with van der Waals surface area (Å²) in [6, 6.07) is 7.02. The summed E-state index contributed by atoms with van der Waals surface area (Å²) in [5.74, 6) is 1.64. The van der Waals surface area contributed by atoms with Gasteiger partial charge < -0.3 is 8.98 Å². The number of aryl methyl sites for hydroxylation is 1. The Labute approximate surface area is 95.5 Å². The topological polar surface area (TPSA) is 35.1 Å². The molecule has 0 N–H and O–H groups in total. The van der Waals surface area contributed by atoms with Crippen LogP contribution in [0.1, 0.15) is 11.5 Å². The van der Waals surface area contributed by atoms with E-state index in [2.05, 4.69) is 15.9 Å². The molecule has 0 aliphatic heterocycles. The van der Waals surface area contributed by atoms with Crippen molar-refractivity contribution >= 4 is 15.9 Å². The summed E-state index contributed by atoms with van der Waals surface area (Å²) in [6.45, 7) is 2.35. The van der Waals surface area contributed by atoms with Crippen LogP contribution in [0.4, 0.5) is 0 Å². The Morgan fingerprint density at radius 2 is 2.13 bits per heavy atom. The van der Waals surface area contributed by atoms with Crippen molar-refractivity contribution in [3.05, 3.63) is 56.8 Å². The van der Waals surface area contributed by atoms with E-state index in [9.17, 15) is 4.79 Å². The van der Waals surface area contributed by atoms with E-state index >= 15 is 0 Å². The smallest absolute Gasteiger partial charge is 0.250 e. The number of pyridine rings is 1. The highest BCUT2D eigenvalue weighted by Crippen LogP contribution is 2.09. The van der Waals surface area contributed by atoms with E-state index in [0.29, 0.717) is 6.54 Å². The van der Waals surface area contributed by atoms with Gasteiger partial charge in [-0.1, -0.05) is 0 Å². The highest BCUT2D eigenvalue weighted by Gasteiger charge is 2.02. The summed E-state index contributed by atoms with van der Waals surface area (Å²) < 4.78 is 7.89. The third kappa shape index (κ3) is 2.39. The number of hydrogen-bond donors (Lipinski definition) is 0. The maximum Gasteiger partial charge on any atom is 0.250 e. The summed E-state index contributed by atoms with van der Waals surface area (Å²) in [6.07, 6.45) is 1.75. The third-order valence-electron chi connectivity index (χ3n) is 2.07. The zero-order chi connectivity index (χ0) is 10.8. The van der Waals surface area contributed by atoms with Crippen LogP contribution in [0.2, 0.25) is 0 Å². The Balaban J connectivity index is 2.31. The van der Waals surface area contributed by atoms with Gasteiger partial charge in [-0.25, -0.2) is 0 Å². The number of nitrogens with zero attached hydrogens (tertiary/aromatic N) is 1. The zero-order valence-electron chi connectivity index (χ0n) is 8.24. The van der Waals surface area contributed by atoms with Gasteiger partial charge in [-0.05, 0) is 41.1 Å². The molecule has 3 nitrogen and oxygen atoms in total. The second kappa shape index (κ2) is 4.06. The van der Waals surface area contributed by atoms with Crippen LogP contribution in [0.3, 0.4) is 0 Å². The van der Waals surface area contributed by atoms with Crippen molar-refractivity contribution in [2.24, 2.45) is 0 Å². The monoisotopic (exact) mass is 267 g/mol. The zero-order valence-corrected chi connectivity index (χ0v) is 9.82. The quantitative estimate of drug-likeness (QED) is 0.839. The molecule has 0 saturated carbocycles. The van der Waals surface area contributed by atoms with Gasteiger partial charge >= 0.3 is 0 Å². The molecule has 0 amide bonds. The molecule has 0 bridgehead atoms. The summed E-state index contributed by atoms with van der Waals surface area (Å²) >= 11 is 3.32. The Hall–Kier alpha value is -1.29. The lowest BCUT2D eigenvalue weighted by atomic mass is 10.4. The van der Waals surface area contributed by atoms with Gasteiger partial charge in [0.1, 0.15) is 11.5 Å². The third-order valence-corrected chi connectivity index (χ3v) is 2.54. The fourth-order valence-electron chi connectivity index (χ4n) is 1.36. The van der Waals surface area contributed by atoms with Crippen LogP contribution in [0, 0.1) is 6.92 Å². The number of halogens is 1. The minimum absolute atomic E-state index is 0.0350. The highest BCUT2D eigenvalue weighted by molar-refractivity contribution is 9.10. The first-order valence-electron chi connectivity index (χ1n) is 4.56. The molecule has 2 aromatic heterocycles. The molecule has 0 aliphatic carbocycles. The molecule has 0 atom stereocenters. The molecule has 0 saturated heterocycles. The Kier molecular flexibility index (Phi) is 2.77. The molecule has 2 aromatic rings. The molecular formula is C11H10BrNO2. The van der Waals surface area contributed by atoms with Crippen molar-refractivity contribution in [2.45, 2.75) is 13.5 Å². The Morgan fingerprint density at radius 3 is 2.80 bits per heavy atom. The second-order valence-electron chi connectivity index (χ2n) is 3.33. The van der Waals surface area contributed by atoms with Gasteiger partial charge in [0.2, 0.25) is 0 Å². The fourth-order valence-corrected chi connectivity index (χ4v) is 1.74. The molecule has 2 rings (SSSR count). The number of hydrogen-bond acceptors (Lipinski definition) is 2. The lowest BCUT2D eigenvalue weighted by molar-refractivity contribution is 0.467. The average Bonchev–Trinajstić information content (AvgIpc) is 2.58. The summed E-state index contributed by atoms with van der Waals surface area (Å²) in [5.41, 5.74) is -0.0350. The van der Waals surface area contributed by atoms with Crippen LogP contribution in [0.15, 0.2) is 44.1 Å². The van der Waals surface area contributed by atoms with Crippen LogP contribution < -0.4 is 5.56 Å². The lowest BCUT2D eigenvalue weighted by Crippen LogP contribution is -2.18. The minimum atomic E-state index is -0.0350. The van der Waals surface area contributed by atoms with E-state index in [1.165, 1.54) is 6.07 Å². The van der Waals surface area contributed by atoms with E-state index in [1.54, 1.807) is 16.8 Å². The second-order valence-corrected chi connectivity index (χ2v) is 4.24. The van der Waals surface area contributed by atoms with Gasteiger partial charge in [0.05, 0.1) is 6.54 Å². The van der Waals surface area contributed by atoms with E-state index in [0.717, 1.165) is 16.0 Å². The number of furan rings is 1. The van der Waals surface area contributed by atoms with Gasteiger partial charge in [-0.3, -0.25) is 4.79 Å². The molecule has 0 aromatic carbocycles. The SMILES string of the molecule is Cc1ccc(Cn2cc(Br)ccc2=O)o1. The van der Waals surface area contributed by atoms with Gasteiger partial charge in [0.25, 0.3) is 5.56 Å². The van der Waals surface area contributed by atoms with Gasteiger partial charge in [-0.15, -0.1) is 0 Å². The molecular weight excluding hydrogens is 258 g/mol. The first-order chi connectivity index (χ1) is 7.15. The van der Waals surface area contributed by atoms with Crippen molar-refractivity contribution in [3.63, 3.8) is 0 Å². The maximum atomic E-state index is 11.5. The van der Waals surface area contributed by atoms with Crippen molar-refractivity contribution in [1.82, 2.24) is 4.57 Å². The molecule has 2 heterocycles. The van der Waals surface area contributed by atoms with Crippen LogP contribution >= 0.6 is 15.9 Å². The molecule has 0 aliphatic rings. The fraction of sp³-hybridized carbons (Fsp3) is 0.182. The van der Waals surface area contributed by atoms with Gasteiger partial charge in [0, 0.05) is 16.7 Å². The average molecular weight is 268 g/mol. The molecule has 4 heteroatoms. The summed E-state index contributed by atoms with van der Waals surface area (Å²) in [7, 11) is 0. The predicted molar refractivity (Wildman–Crippen MR) is 60.9 cm³/mol. The molecule has 0 unspecified atom stereocenters. The van der Waals surface area contributed by atoms with E-state index < -0.39 is 0 Å². The normalized spacial score (nSPS) is 10.5. The molecule has 0 radical (unpaired) electrons. The first-order valence-corrected chi connectivity index (χ1v) is 5.36. The summed E-state index contributed by atoms with van der Waals surface area (Å²) in [5, 5.41) is 0. The molecule has 15 heavy (non-hydrogen) atoms. The van der Waals surface area contributed by atoms with E-state index in [-0.39, 0.29) is 5.56 Å². The van der Waals surface area contributed by atoms with E-state index in [1.807, 2.05) is 19.1 Å². The maximum absolute atomic E-state index is 11.5. The molecule has 0 spiro atoms. The van der Waals surface area contributed by atoms with E-state index in [4.69, 9.17) is 4.42 Å². The Morgan fingerprint density at radius 1 is 1.33 bits per heavy atom. The summed E-state index contributed by atoms with van der Waals surface area (Å²) in [4.78, 5) is 11.5. The molecule has 78 valence electrons. The van der Waals surface area contributed by atoms with Crippen LogP contribution in [-0.2, 0) is 6.54 Å².